The summed E-state index contributed by atoms with van der Waals surface area (Å²) >= 11 is 8.40. The number of nitrogens with two attached hydrogens (primary N) is 1. The summed E-state index contributed by atoms with van der Waals surface area (Å²) in [6.45, 7) is 1.97. The van der Waals surface area contributed by atoms with Crippen molar-refractivity contribution in [3.05, 3.63) is 28.2 Å². The topological polar surface area (TPSA) is 55.1 Å². The lowest BCUT2D eigenvalue weighted by molar-refractivity contribution is -0.118. The number of hydrogen-bond acceptors (Lipinski definition) is 2. The predicted octanol–water partition coefficient (Wildman–Crippen LogP) is 2.76. The number of carbonyl (C=O) groups is 1. The van der Waals surface area contributed by atoms with Crippen LogP contribution in [-0.4, -0.2) is 10.9 Å². The summed E-state index contributed by atoms with van der Waals surface area (Å²) in [7, 11) is 0. The Balaban J connectivity index is 2.20. The monoisotopic (exact) mass is 312 g/mol. The molecular weight excluding hydrogens is 300 g/mol. The first kappa shape index (κ1) is 12.5. The number of carbonyl (C=O) groups excluding carboxylic acids is 1. The van der Waals surface area contributed by atoms with Gasteiger partial charge in [-0.3, -0.25) is 4.79 Å². The van der Waals surface area contributed by atoms with E-state index in [-0.39, 0.29) is 5.91 Å². The van der Waals surface area contributed by atoms with Gasteiger partial charge in [-0.05, 0) is 47.3 Å². The van der Waals surface area contributed by atoms with Gasteiger partial charge in [0.05, 0.1) is 16.1 Å². The zero-order chi connectivity index (χ0) is 12.6. The Morgan fingerprint density at radius 2 is 2.18 bits per heavy atom. The van der Waals surface area contributed by atoms with Crippen LogP contribution in [0.1, 0.15) is 18.4 Å². The lowest BCUT2D eigenvalue weighted by Crippen LogP contribution is -2.35. The highest BCUT2D eigenvalue weighted by Gasteiger charge is 2.52. The fourth-order valence-electron chi connectivity index (χ4n) is 1.70. The third-order valence-electron chi connectivity index (χ3n) is 3.10. The minimum atomic E-state index is -0.613. The van der Waals surface area contributed by atoms with E-state index in [1.807, 2.05) is 25.1 Å². The van der Waals surface area contributed by atoms with E-state index in [0.717, 1.165) is 28.6 Å². The van der Waals surface area contributed by atoms with Gasteiger partial charge in [-0.1, -0.05) is 24.4 Å². The molecule has 1 aromatic rings. The molecule has 3 nitrogen and oxygen atoms in total. The van der Waals surface area contributed by atoms with Crippen molar-refractivity contribution in [2.24, 2.45) is 11.1 Å². The molecule has 1 fully saturated rings. The molecule has 0 atom stereocenters. The smallest absolute Gasteiger partial charge is 0.237 e. The minimum absolute atomic E-state index is 0.101. The maximum atomic E-state index is 12.1. The molecule has 0 unspecified atom stereocenters. The zero-order valence-electron chi connectivity index (χ0n) is 9.42. The molecule has 1 aromatic carbocycles. The SMILES string of the molecule is Cc1cccc(NC(=O)C2(C(N)=S)CC2)c1Br. The molecule has 0 aliphatic heterocycles. The van der Waals surface area contributed by atoms with Gasteiger partial charge in [0, 0.05) is 4.47 Å². The number of benzene rings is 1. The Bertz CT molecular complexity index is 497. The van der Waals surface area contributed by atoms with Gasteiger partial charge in [-0.15, -0.1) is 0 Å². The number of hydrogen-bond donors (Lipinski definition) is 2. The van der Waals surface area contributed by atoms with Gasteiger partial charge in [0.25, 0.3) is 0 Å². The number of thiocarbonyl (C=S) groups is 1. The number of aryl methyl sites for hydroxylation is 1. The fraction of sp³-hybridized carbons (Fsp3) is 0.333. The van der Waals surface area contributed by atoms with Gasteiger partial charge in [0.2, 0.25) is 5.91 Å². The quantitative estimate of drug-likeness (QED) is 0.844. The van der Waals surface area contributed by atoms with Gasteiger partial charge in [0.1, 0.15) is 0 Å². The van der Waals surface area contributed by atoms with Crippen LogP contribution >= 0.6 is 28.1 Å². The van der Waals surface area contributed by atoms with E-state index in [1.165, 1.54) is 0 Å². The van der Waals surface area contributed by atoms with Crippen LogP contribution in [0.4, 0.5) is 5.69 Å². The first-order valence-corrected chi connectivity index (χ1v) is 6.54. The van der Waals surface area contributed by atoms with Gasteiger partial charge in [0.15, 0.2) is 0 Å². The van der Waals surface area contributed by atoms with E-state index >= 15 is 0 Å². The molecule has 0 aromatic heterocycles. The van der Waals surface area contributed by atoms with Crippen LogP contribution in [0.2, 0.25) is 0 Å². The van der Waals surface area contributed by atoms with Crippen molar-refractivity contribution in [2.45, 2.75) is 19.8 Å². The van der Waals surface area contributed by atoms with Crippen molar-refractivity contribution in [3.8, 4) is 0 Å². The molecular formula is C12H13BrN2OS. The van der Waals surface area contributed by atoms with Crippen LogP contribution in [-0.2, 0) is 4.79 Å². The number of rotatable bonds is 3. The van der Waals surface area contributed by atoms with Crippen LogP contribution < -0.4 is 11.1 Å². The summed E-state index contributed by atoms with van der Waals surface area (Å²) in [6, 6.07) is 5.72. The molecule has 17 heavy (non-hydrogen) atoms. The molecule has 90 valence electrons. The standard InChI is InChI=1S/C12H13BrN2OS/c1-7-3-2-4-8(9(7)13)15-11(16)12(5-6-12)10(14)17/h2-4H,5-6H2,1H3,(H2,14,17)(H,15,16). The summed E-state index contributed by atoms with van der Waals surface area (Å²) in [6.07, 6.45) is 1.50. The largest absolute Gasteiger partial charge is 0.392 e. The second-order valence-electron chi connectivity index (χ2n) is 4.34. The third-order valence-corrected chi connectivity index (χ3v) is 4.54. The van der Waals surface area contributed by atoms with E-state index in [1.54, 1.807) is 0 Å². The summed E-state index contributed by atoms with van der Waals surface area (Å²) < 4.78 is 0.895. The predicted molar refractivity (Wildman–Crippen MR) is 76.0 cm³/mol. The number of halogens is 1. The normalized spacial score (nSPS) is 16.4. The summed E-state index contributed by atoms with van der Waals surface area (Å²) in [5.41, 5.74) is 6.84. The van der Waals surface area contributed by atoms with Crippen molar-refractivity contribution in [3.63, 3.8) is 0 Å². The molecule has 0 saturated heterocycles. The van der Waals surface area contributed by atoms with Crippen LogP contribution in [0.15, 0.2) is 22.7 Å². The average molecular weight is 313 g/mol. The highest BCUT2D eigenvalue weighted by atomic mass is 79.9. The Morgan fingerprint density at radius 3 is 2.71 bits per heavy atom. The van der Waals surface area contributed by atoms with E-state index in [9.17, 15) is 4.79 Å². The van der Waals surface area contributed by atoms with Crippen LogP contribution in [0.25, 0.3) is 0 Å². The fourth-order valence-corrected chi connectivity index (χ4v) is 2.36. The van der Waals surface area contributed by atoms with Gasteiger partial charge < -0.3 is 11.1 Å². The molecule has 1 saturated carbocycles. The number of nitrogens with one attached hydrogen (secondary N) is 1. The maximum Gasteiger partial charge on any atom is 0.237 e. The van der Waals surface area contributed by atoms with Crippen molar-refractivity contribution in [2.75, 3.05) is 5.32 Å². The van der Waals surface area contributed by atoms with E-state index in [0.29, 0.717) is 4.99 Å². The highest BCUT2D eigenvalue weighted by molar-refractivity contribution is 9.10. The van der Waals surface area contributed by atoms with Crippen LogP contribution in [0.3, 0.4) is 0 Å². The molecule has 0 bridgehead atoms. The molecule has 3 N–H and O–H groups in total. The number of anilines is 1. The van der Waals surface area contributed by atoms with Crippen molar-refractivity contribution in [1.29, 1.82) is 0 Å². The lowest BCUT2D eigenvalue weighted by Gasteiger charge is -2.15. The Labute approximate surface area is 114 Å². The summed E-state index contributed by atoms with van der Waals surface area (Å²) in [5.74, 6) is -0.101. The Hall–Kier alpha value is -0.940. The molecule has 1 aliphatic rings. The van der Waals surface area contributed by atoms with E-state index in [4.69, 9.17) is 18.0 Å². The van der Waals surface area contributed by atoms with E-state index < -0.39 is 5.41 Å². The molecule has 0 heterocycles. The highest BCUT2D eigenvalue weighted by Crippen LogP contribution is 2.47. The molecule has 0 radical (unpaired) electrons. The van der Waals surface area contributed by atoms with Gasteiger partial charge in [-0.2, -0.15) is 0 Å². The molecule has 0 spiro atoms. The molecule has 1 amide bonds. The first-order valence-electron chi connectivity index (χ1n) is 5.34. The second-order valence-corrected chi connectivity index (χ2v) is 5.57. The first-order chi connectivity index (χ1) is 7.97. The average Bonchev–Trinajstić information content (AvgIpc) is 3.05. The summed E-state index contributed by atoms with van der Waals surface area (Å²) in [5, 5.41) is 2.88. The van der Waals surface area contributed by atoms with Crippen LogP contribution in [0, 0.1) is 12.3 Å². The lowest BCUT2D eigenvalue weighted by atomic mass is 10.1. The molecule has 2 rings (SSSR count). The Kier molecular flexibility index (Phi) is 3.23. The second kappa shape index (κ2) is 4.38. The van der Waals surface area contributed by atoms with Crippen molar-refractivity contribution < 1.29 is 4.79 Å². The zero-order valence-corrected chi connectivity index (χ0v) is 11.8. The number of amides is 1. The minimum Gasteiger partial charge on any atom is -0.392 e. The maximum absolute atomic E-state index is 12.1. The van der Waals surface area contributed by atoms with Crippen LogP contribution in [0.5, 0.6) is 0 Å². The molecule has 1 aliphatic carbocycles. The van der Waals surface area contributed by atoms with E-state index in [2.05, 4.69) is 21.2 Å². The van der Waals surface area contributed by atoms with Gasteiger partial charge >= 0.3 is 0 Å². The third kappa shape index (κ3) is 2.21. The van der Waals surface area contributed by atoms with Crippen molar-refractivity contribution >= 4 is 44.7 Å². The summed E-state index contributed by atoms with van der Waals surface area (Å²) in [4.78, 5) is 12.4. The van der Waals surface area contributed by atoms with Crippen molar-refractivity contribution in [1.82, 2.24) is 0 Å². The molecule has 5 heteroatoms. The van der Waals surface area contributed by atoms with Gasteiger partial charge in [-0.25, -0.2) is 0 Å². The Morgan fingerprint density at radius 1 is 1.53 bits per heavy atom.